The standard InChI is InChI=1S/C39H37F12O2P.C12H10N.CH4O3S.Pd/c1-19(2)22-11-29(20(3)4)33(30(12-22)21(5)6)34-31(52-7)9-10-32(53-8)35(34)54(27-15-23(36(40,41)42)13-24(16-27)37(43,44)45)28-17-25(38(46,47)48)14-26(18-28)39(49,50)51;13-12-9-5-4-8-11(12)10-6-2-1-3-7-10;1-5(2,3)4;/h9-21H,1-8H3;1-6,8-9H,13H2;1H3,(H,2,3,4);/p-1. The summed E-state index contributed by atoms with van der Waals surface area (Å²) in [6.45, 7) is 11.2. The summed E-state index contributed by atoms with van der Waals surface area (Å²) in [4.78, 5) is 0. The molecule has 399 valence electrons. The fourth-order valence-corrected chi connectivity index (χ4v) is 10.2. The van der Waals surface area contributed by atoms with Gasteiger partial charge in [0, 0.05) is 48.8 Å². The molecule has 0 saturated heterocycles. The van der Waals surface area contributed by atoms with Crippen molar-refractivity contribution in [3.05, 3.63) is 154 Å². The summed E-state index contributed by atoms with van der Waals surface area (Å²) in [6, 6.07) is 26.2. The zero-order valence-corrected chi connectivity index (χ0v) is 43.7. The molecule has 0 aliphatic heterocycles. The number of methoxy groups -OCH3 is 2. The Kier molecular flexibility index (Phi) is 20.9. The summed E-state index contributed by atoms with van der Waals surface area (Å²) >= 11 is 0. The summed E-state index contributed by atoms with van der Waals surface area (Å²) in [5, 5.41) is -1.90. The number of para-hydroxylation sites is 1. The number of halogens is 12. The van der Waals surface area contributed by atoms with Gasteiger partial charge >= 0.3 is 24.7 Å². The molecule has 0 heterocycles. The monoisotopic (exact) mass is 1170 g/mol. The van der Waals surface area contributed by atoms with Gasteiger partial charge in [0.1, 0.15) is 11.5 Å². The van der Waals surface area contributed by atoms with Gasteiger partial charge < -0.3 is 19.8 Å². The molecule has 6 rings (SSSR count). The zero-order chi connectivity index (χ0) is 54.5. The summed E-state index contributed by atoms with van der Waals surface area (Å²) in [5.41, 5.74) is 4.12. The molecular weight excluding hydrogens is 1120 g/mol. The van der Waals surface area contributed by atoms with Crippen LogP contribution in [0.25, 0.3) is 22.3 Å². The molecule has 0 aliphatic carbocycles. The van der Waals surface area contributed by atoms with E-state index in [1.54, 1.807) is 0 Å². The molecule has 6 aromatic carbocycles. The second-order valence-electron chi connectivity index (χ2n) is 17.2. The first-order valence-corrected chi connectivity index (χ1v) is 24.8. The van der Waals surface area contributed by atoms with E-state index in [1.165, 1.54) is 19.2 Å². The molecule has 0 atom stereocenters. The molecule has 0 fully saturated rings. The van der Waals surface area contributed by atoms with Crippen molar-refractivity contribution in [2.75, 3.05) is 26.2 Å². The number of hydrogen-bond acceptors (Lipinski definition) is 6. The summed E-state index contributed by atoms with van der Waals surface area (Å²) < 4.78 is 211. The molecule has 2 N–H and O–H groups in total. The smallest absolute Gasteiger partial charge is 0.416 e. The number of rotatable bonds is 10. The van der Waals surface area contributed by atoms with Crippen LogP contribution in [-0.2, 0) is 55.2 Å². The molecule has 6 nitrogen and oxygen atoms in total. The molecular formula is C52H50F12NO5PPdS-. The van der Waals surface area contributed by atoms with Gasteiger partial charge in [0.2, 0.25) is 0 Å². The molecule has 0 saturated carbocycles. The Hall–Kier alpha value is -5.12. The Morgan fingerprint density at radius 3 is 1.27 bits per heavy atom. The van der Waals surface area contributed by atoms with E-state index in [-0.39, 0.29) is 72.7 Å². The zero-order valence-electron chi connectivity index (χ0n) is 40.5. The topological polar surface area (TPSA) is 102 Å². The predicted octanol–water partition coefficient (Wildman–Crippen LogP) is 14.5. The third kappa shape index (κ3) is 16.4. The maximum atomic E-state index is 14.3. The van der Waals surface area contributed by atoms with E-state index in [4.69, 9.17) is 28.2 Å². The Bertz CT molecular complexity index is 2760. The van der Waals surface area contributed by atoms with Gasteiger partial charge in [-0.2, -0.15) is 52.7 Å². The van der Waals surface area contributed by atoms with Gasteiger partial charge in [0.15, 0.2) is 0 Å². The van der Waals surface area contributed by atoms with Crippen LogP contribution in [0.2, 0.25) is 0 Å². The van der Waals surface area contributed by atoms with Crippen LogP contribution in [0.15, 0.2) is 109 Å². The molecule has 0 spiro atoms. The second-order valence-corrected chi connectivity index (χ2v) is 20.7. The van der Waals surface area contributed by atoms with Gasteiger partial charge in [-0.05, 0) is 125 Å². The van der Waals surface area contributed by atoms with Crippen LogP contribution in [0.4, 0.5) is 58.4 Å². The third-order valence-electron chi connectivity index (χ3n) is 10.8. The van der Waals surface area contributed by atoms with Gasteiger partial charge in [0.25, 0.3) is 0 Å². The predicted molar refractivity (Wildman–Crippen MR) is 257 cm³/mol. The van der Waals surface area contributed by atoms with Crippen molar-refractivity contribution >= 4 is 39.6 Å². The average Bonchev–Trinajstić information content (AvgIpc) is 3.27. The van der Waals surface area contributed by atoms with Crippen molar-refractivity contribution < 1.29 is 95.6 Å². The Morgan fingerprint density at radius 1 is 0.562 bits per heavy atom. The molecule has 0 unspecified atom stereocenters. The van der Waals surface area contributed by atoms with E-state index >= 15 is 0 Å². The normalized spacial score (nSPS) is 12.2. The number of nitrogens with two attached hydrogens (primary N) is 1. The van der Waals surface area contributed by atoms with Gasteiger partial charge in [-0.1, -0.05) is 96.1 Å². The second kappa shape index (κ2) is 24.5. The van der Waals surface area contributed by atoms with Crippen molar-refractivity contribution in [3.63, 3.8) is 0 Å². The molecule has 1 radical (unpaired) electrons. The van der Waals surface area contributed by atoms with Crippen molar-refractivity contribution in [2.45, 2.75) is 84.0 Å². The largest absolute Gasteiger partial charge is 0.748 e. The van der Waals surface area contributed by atoms with Gasteiger partial charge in [-0.15, -0.1) is 0 Å². The average molecular weight is 1170 g/mol. The number of hydrogen-bond donors (Lipinski definition) is 1. The number of nitrogen functional groups attached to an aromatic ring is 1. The Labute approximate surface area is 431 Å². The molecule has 6 aromatic rings. The van der Waals surface area contributed by atoms with Crippen LogP contribution >= 0.6 is 7.92 Å². The van der Waals surface area contributed by atoms with E-state index in [2.05, 4.69) is 6.07 Å². The van der Waals surface area contributed by atoms with E-state index in [1.807, 2.05) is 102 Å². The van der Waals surface area contributed by atoms with E-state index < -0.39 is 75.6 Å². The van der Waals surface area contributed by atoms with Crippen LogP contribution < -0.4 is 31.1 Å². The minimum atomic E-state index is -5.40. The first-order valence-electron chi connectivity index (χ1n) is 21.6. The van der Waals surface area contributed by atoms with Crippen LogP contribution in [0.3, 0.4) is 0 Å². The minimum Gasteiger partial charge on any atom is -0.748 e. The number of benzene rings is 6. The fraction of sp³-hybridized carbons (Fsp3) is 0.308. The van der Waals surface area contributed by atoms with Crippen molar-refractivity contribution in [2.24, 2.45) is 0 Å². The maximum absolute atomic E-state index is 14.3. The van der Waals surface area contributed by atoms with Crippen LogP contribution in [0.5, 0.6) is 11.5 Å². The summed E-state index contributed by atoms with van der Waals surface area (Å²) in [7, 11) is -4.74. The van der Waals surface area contributed by atoms with Gasteiger partial charge in [0.05, 0.1) is 46.6 Å². The minimum absolute atomic E-state index is 0. The van der Waals surface area contributed by atoms with Gasteiger partial charge in [-0.3, -0.25) is 0 Å². The van der Waals surface area contributed by atoms with Crippen LogP contribution in [0, 0.1) is 6.07 Å². The molecule has 21 heteroatoms. The van der Waals surface area contributed by atoms with Crippen LogP contribution in [-0.4, -0.2) is 33.4 Å². The van der Waals surface area contributed by atoms with E-state index in [0.29, 0.717) is 47.2 Å². The molecule has 0 aliphatic rings. The number of alkyl halides is 12. The molecule has 0 amide bonds. The Balaban J connectivity index is 0.000000617. The Morgan fingerprint density at radius 2 is 0.945 bits per heavy atom. The van der Waals surface area contributed by atoms with E-state index in [0.717, 1.165) is 29.5 Å². The fourth-order valence-electron chi connectivity index (χ4n) is 7.44. The van der Waals surface area contributed by atoms with Crippen molar-refractivity contribution in [1.29, 1.82) is 0 Å². The molecule has 0 bridgehead atoms. The van der Waals surface area contributed by atoms with Crippen molar-refractivity contribution in [1.82, 2.24) is 0 Å². The SMILES string of the molecule is COc1ccc(OC)c(P(c2cc(C(F)(F)F)cc(C(F)(F)F)c2)c2cc(C(F)(F)F)cc(C(F)(F)F)c2)c1-c1c(C(C)C)cc(C(C)C)cc1C(C)C.CS(=O)(=O)[O-].Nc1ccccc1-c1[c]cccc1.[Pd]. The molecule has 73 heavy (non-hydrogen) atoms. The molecule has 0 aromatic heterocycles. The number of anilines is 1. The first kappa shape index (κ1) is 62.2. The maximum Gasteiger partial charge on any atom is 0.416 e. The summed E-state index contributed by atoms with van der Waals surface area (Å²) in [5.74, 6) is -0.796. The summed E-state index contributed by atoms with van der Waals surface area (Å²) in [6.07, 6.45) is -21.0. The van der Waals surface area contributed by atoms with E-state index in [9.17, 15) is 52.7 Å². The quantitative estimate of drug-likeness (QED) is 0.0482. The van der Waals surface area contributed by atoms with Crippen LogP contribution in [0.1, 0.15) is 98.2 Å². The van der Waals surface area contributed by atoms with Gasteiger partial charge in [-0.25, -0.2) is 8.42 Å². The first-order chi connectivity index (χ1) is 33.1. The number of ether oxygens (including phenoxy) is 2. The third-order valence-corrected chi connectivity index (χ3v) is 13.2. The van der Waals surface area contributed by atoms with Crippen molar-refractivity contribution in [3.8, 4) is 33.8 Å².